The zero-order chi connectivity index (χ0) is 11.5. The van der Waals surface area contributed by atoms with Crippen molar-refractivity contribution in [3.8, 4) is 0 Å². The van der Waals surface area contributed by atoms with E-state index in [9.17, 15) is 9.90 Å². The molecule has 1 aliphatic rings. The molecule has 1 aliphatic heterocycles. The van der Waals surface area contributed by atoms with Gasteiger partial charge in [-0.15, -0.1) is 11.3 Å². The average Bonchev–Trinajstić information content (AvgIpc) is 2.68. The average molecular weight is 239 g/mol. The monoisotopic (exact) mass is 239 g/mol. The van der Waals surface area contributed by atoms with Gasteiger partial charge in [0.25, 0.3) is 0 Å². The van der Waals surface area contributed by atoms with Crippen LogP contribution in [0.15, 0.2) is 12.1 Å². The molecular weight excluding hydrogens is 222 g/mol. The Hall–Kier alpha value is -0.710. The third-order valence-corrected chi connectivity index (χ3v) is 3.98. The Morgan fingerprint density at radius 1 is 1.50 bits per heavy atom. The number of piperidine rings is 1. The van der Waals surface area contributed by atoms with Gasteiger partial charge in [0.15, 0.2) is 5.78 Å². The molecule has 88 valence electrons. The molecule has 0 radical (unpaired) electrons. The summed E-state index contributed by atoms with van der Waals surface area (Å²) >= 11 is 1.56. The summed E-state index contributed by atoms with van der Waals surface area (Å²) in [5, 5.41) is 9.37. The molecular formula is C12H17NO2S. The van der Waals surface area contributed by atoms with E-state index in [0.29, 0.717) is 6.54 Å². The summed E-state index contributed by atoms with van der Waals surface area (Å²) in [6.07, 6.45) is 1.41. The van der Waals surface area contributed by atoms with Crippen molar-refractivity contribution in [1.29, 1.82) is 0 Å². The lowest BCUT2D eigenvalue weighted by Crippen LogP contribution is -2.38. The Morgan fingerprint density at radius 2 is 2.19 bits per heavy atom. The molecule has 0 aliphatic carbocycles. The van der Waals surface area contributed by atoms with Crippen LogP contribution >= 0.6 is 11.3 Å². The highest BCUT2D eigenvalue weighted by atomic mass is 32.1. The first-order valence-corrected chi connectivity index (χ1v) is 6.47. The minimum absolute atomic E-state index is 0.171. The highest BCUT2D eigenvalue weighted by Gasteiger charge is 2.19. The lowest BCUT2D eigenvalue weighted by molar-refractivity contribution is 0.0713. The molecule has 0 bridgehead atoms. The van der Waals surface area contributed by atoms with E-state index in [4.69, 9.17) is 0 Å². The number of nitrogens with zero attached hydrogens (tertiary/aromatic N) is 1. The number of hydrogen-bond donors (Lipinski definition) is 1. The van der Waals surface area contributed by atoms with Crippen molar-refractivity contribution in [2.75, 3.05) is 19.6 Å². The molecule has 3 nitrogen and oxygen atoms in total. The summed E-state index contributed by atoms with van der Waals surface area (Å²) in [5.41, 5.74) is 0. The Kier molecular flexibility index (Phi) is 3.74. The molecule has 1 fully saturated rings. The van der Waals surface area contributed by atoms with Crippen molar-refractivity contribution in [3.05, 3.63) is 21.9 Å². The number of thiophene rings is 1. The van der Waals surface area contributed by atoms with Crippen LogP contribution in [0, 0.1) is 6.92 Å². The fraction of sp³-hybridized carbons (Fsp3) is 0.583. The zero-order valence-electron chi connectivity index (χ0n) is 9.48. The number of ketones is 1. The molecule has 1 saturated heterocycles. The highest BCUT2D eigenvalue weighted by Crippen LogP contribution is 2.17. The maximum Gasteiger partial charge on any atom is 0.186 e. The fourth-order valence-corrected chi connectivity index (χ4v) is 2.74. The zero-order valence-corrected chi connectivity index (χ0v) is 10.3. The number of aliphatic hydroxyl groups excluding tert-OH is 1. The molecule has 0 atom stereocenters. The Morgan fingerprint density at radius 3 is 2.75 bits per heavy atom. The van der Waals surface area contributed by atoms with Crippen LogP contribution in [-0.2, 0) is 0 Å². The molecule has 1 N–H and O–H groups in total. The van der Waals surface area contributed by atoms with Crippen molar-refractivity contribution in [1.82, 2.24) is 4.90 Å². The van der Waals surface area contributed by atoms with Crippen LogP contribution in [-0.4, -0.2) is 41.5 Å². The maximum absolute atomic E-state index is 11.9. The Balaban J connectivity index is 1.88. The third-order valence-electron chi connectivity index (χ3n) is 2.94. The normalized spacial score (nSPS) is 18.9. The molecule has 0 saturated carbocycles. The predicted molar refractivity (Wildman–Crippen MR) is 65.1 cm³/mol. The van der Waals surface area contributed by atoms with E-state index in [1.165, 1.54) is 4.88 Å². The Labute approximate surface area is 99.7 Å². The lowest BCUT2D eigenvalue weighted by atomic mass is 10.1. The van der Waals surface area contributed by atoms with Crippen molar-refractivity contribution in [2.45, 2.75) is 25.9 Å². The molecule has 2 rings (SSSR count). The van der Waals surface area contributed by atoms with E-state index in [1.54, 1.807) is 11.3 Å². The van der Waals surface area contributed by atoms with E-state index in [2.05, 4.69) is 4.90 Å². The van der Waals surface area contributed by atoms with E-state index in [-0.39, 0.29) is 11.9 Å². The van der Waals surface area contributed by atoms with Crippen molar-refractivity contribution in [3.63, 3.8) is 0 Å². The van der Waals surface area contributed by atoms with Crippen LogP contribution in [0.2, 0.25) is 0 Å². The van der Waals surface area contributed by atoms with Crippen LogP contribution < -0.4 is 0 Å². The van der Waals surface area contributed by atoms with Gasteiger partial charge in [0, 0.05) is 18.0 Å². The van der Waals surface area contributed by atoms with E-state index in [0.717, 1.165) is 30.8 Å². The van der Waals surface area contributed by atoms with Gasteiger partial charge in [-0.05, 0) is 31.9 Å². The van der Waals surface area contributed by atoms with Gasteiger partial charge in [-0.2, -0.15) is 0 Å². The lowest BCUT2D eigenvalue weighted by Gasteiger charge is -2.28. The summed E-state index contributed by atoms with van der Waals surface area (Å²) in [4.78, 5) is 16.1. The first-order valence-electron chi connectivity index (χ1n) is 5.65. The number of Topliss-reactive ketones (excluding diaryl/α,β-unsaturated/α-hetero) is 1. The molecule has 4 heteroatoms. The number of rotatable bonds is 3. The second-order valence-electron chi connectivity index (χ2n) is 4.34. The van der Waals surface area contributed by atoms with Crippen LogP contribution in [0.3, 0.4) is 0 Å². The molecule has 0 amide bonds. The van der Waals surface area contributed by atoms with Gasteiger partial charge in [-0.1, -0.05) is 0 Å². The van der Waals surface area contributed by atoms with E-state index < -0.39 is 0 Å². The minimum Gasteiger partial charge on any atom is -0.393 e. The molecule has 0 unspecified atom stereocenters. The third kappa shape index (κ3) is 2.90. The second kappa shape index (κ2) is 5.08. The van der Waals surface area contributed by atoms with Crippen LogP contribution in [0.4, 0.5) is 0 Å². The standard InChI is InChI=1S/C12H17NO2S/c1-9-2-3-12(16-9)11(15)8-13-6-4-10(14)5-7-13/h2-3,10,14H,4-8H2,1H3. The smallest absolute Gasteiger partial charge is 0.186 e. The minimum atomic E-state index is -0.171. The number of carbonyl (C=O) groups excluding carboxylic acids is 1. The molecule has 16 heavy (non-hydrogen) atoms. The highest BCUT2D eigenvalue weighted by molar-refractivity contribution is 7.14. The van der Waals surface area contributed by atoms with Crippen molar-refractivity contribution >= 4 is 17.1 Å². The number of hydrogen-bond acceptors (Lipinski definition) is 4. The first kappa shape index (κ1) is 11.8. The second-order valence-corrected chi connectivity index (χ2v) is 5.63. The maximum atomic E-state index is 11.9. The predicted octanol–water partition coefficient (Wildman–Crippen LogP) is 1.70. The van der Waals surface area contributed by atoms with Crippen LogP contribution in [0.25, 0.3) is 0 Å². The van der Waals surface area contributed by atoms with Gasteiger partial charge in [0.1, 0.15) is 0 Å². The van der Waals surface area contributed by atoms with E-state index in [1.807, 2.05) is 19.1 Å². The van der Waals surface area contributed by atoms with Crippen molar-refractivity contribution in [2.24, 2.45) is 0 Å². The summed E-state index contributed by atoms with van der Waals surface area (Å²) in [6.45, 7) is 4.17. The largest absolute Gasteiger partial charge is 0.393 e. The van der Waals surface area contributed by atoms with E-state index >= 15 is 0 Å². The van der Waals surface area contributed by atoms with Gasteiger partial charge in [-0.3, -0.25) is 9.69 Å². The van der Waals surface area contributed by atoms with Gasteiger partial charge >= 0.3 is 0 Å². The summed E-state index contributed by atoms with van der Waals surface area (Å²) in [6, 6.07) is 3.89. The van der Waals surface area contributed by atoms with Gasteiger partial charge in [0.05, 0.1) is 17.5 Å². The molecule has 2 heterocycles. The number of aryl methyl sites for hydroxylation is 1. The summed E-state index contributed by atoms with van der Waals surface area (Å²) in [5.74, 6) is 0.203. The Bertz CT molecular complexity index is 367. The van der Waals surface area contributed by atoms with Gasteiger partial charge in [-0.25, -0.2) is 0 Å². The van der Waals surface area contributed by atoms with Crippen molar-refractivity contribution < 1.29 is 9.90 Å². The molecule has 0 spiro atoms. The molecule has 0 aromatic carbocycles. The van der Waals surface area contributed by atoms with Crippen LogP contribution in [0.5, 0.6) is 0 Å². The topological polar surface area (TPSA) is 40.5 Å². The fourth-order valence-electron chi connectivity index (χ4n) is 1.94. The number of aliphatic hydroxyl groups is 1. The quantitative estimate of drug-likeness (QED) is 0.816. The number of likely N-dealkylation sites (tertiary alicyclic amines) is 1. The van der Waals surface area contributed by atoms with Gasteiger partial charge in [0.2, 0.25) is 0 Å². The summed E-state index contributed by atoms with van der Waals surface area (Å²) in [7, 11) is 0. The van der Waals surface area contributed by atoms with Gasteiger partial charge < -0.3 is 5.11 Å². The number of carbonyl (C=O) groups is 1. The first-order chi connectivity index (χ1) is 7.65. The molecule has 1 aromatic heterocycles. The van der Waals surface area contributed by atoms with Crippen LogP contribution in [0.1, 0.15) is 27.4 Å². The SMILES string of the molecule is Cc1ccc(C(=O)CN2CCC(O)CC2)s1. The summed E-state index contributed by atoms with van der Waals surface area (Å²) < 4.78 is 0. The molecule has 1 aromatic rings.